The third-order valence-electron chi connectivity index (χ3n) is 5.99. The van der Waals surface area contributed by atoms with E-state index in [1.165, 1.54) is 0 Å². The summed E-state index contributed by atoms with van der Waals surface area (Å²) >= 11 is 0. The van der Waals surface area contributed by atoms with Gasteiger partial charge in [0.2, 0.25) is 0 Å². The lowest BCUT2D eigenvalue weighted by molar-refractivity contribution is -0.119. The van der Waals surface area contributed by atoms with Gasteiger partial charge in [-0.1, -0.05) is 35.5 Å². The van der Waals surface area contributed by atoms with Crippen LogP contribution in [-0.4, -0.2) is 33.4 Å². The first kappa shape index (κ1) is 23.3. The SMILES string of the molecule is Cc1noc(C)c1COc1ccccc1C(=O)OCC(=O)Nc1cc(C2CC2)nn1-c1ccccc1. The van der Waals surface area contributed by atoms with Crippen molar-refractivity contribution in [2.75, 3.05) is 11.9 Å². The first-order valence-corrected chi connectivity index (χ1v) is 11.8. The van der Waals surface area contributed by atoms with Crippen LogP contribution in [0.5, 0.6) is 5.75 Å². The van der Waals surface area contributed by atoms with E-state index in [4.69, 9.17) is 14.0 Å². The van der Waals surface area contributed by atoms with Crippen LogP contribution >= 0.6 is 0 Å². The van der Waals surface area contributed by atoms with Crippen molar-refractivity contribution >= 4 is 17.7 Å². The van der Waals surface area contributed by atoms with E-state index in [9.17, 15) is 9.59 Å². The Morgan fingerprint density at radius 2 is 1.83 bits per heavy atom. The number of esters is 1. The van der Waals surface area contributed by atoms with Gasteiger partial charge in [0.1, 0.15) is 29.5 Å². The van der Waals surface area contributed by atoms with Gasteiger partial charge in [0, 0.05) is 12.0 Å². The number of rotatable bonds is 9. The summed E-state index contributed by atoms with van der Waals surface area (Å²) < 4.78 is 18.0. The maximum atomic E-state index is 12.8. The second-order valence-electron chi connectivity index (χ2n) is 8.69. The van der Waals surface area contributed by atoms with E-state index in [2.05, 4.69) is 15.6 Å². The second kappa shape index (κ2) is 10.1. The predicted molar refractivity (Wildman–Crippen MR) is 131 cm³/mol. The van der Waals surface area contributed by atoms with Gasteiger partial charge in [-0.3, -0.25) is 4.79 Å². The number of aromatic nitrogens is 3. The van der Waals surface area contributed by atoms with Gasteiger partial charge in [0.05, 0.1) is 22.6 Å². The van der Waals surface area contributed by atoms with Gasteiger partial charge in [-0.25, -0.2) is 9.48 Å². The number of hydrogen-bond acceptors (Lipinski definition) is 7. The van der Waals surface area contributed by atoms with E-state index in [1.807, 2.05) is 43.3 Å². The number of nitrogens with one attached hydrogen (secondary N) is 1. The monoisotopic (exact) mass is 486 g/mol. The Balaban J connectivity index is 1.23. The zero-order chi connectivity index (χ0) is 25.1. The molecule has 0 unspecified atom stereocenters. The van der Waals surface area contributed by atoms with Gasteiger partial charge in [0.15, 0.2) is 6.61 Å². The van der Waals surface area contributed by atoms with Crippen LogP contribution in [0.3, 0.4) is 0 Å². The van der Waals surface area contributed by atoms with E-state index in [1.54, 1.807) is 35.9 Å². The highest BCUT2D eigenvalue weighted by Gasteiger charge is 2.28. The zero-order valence-corrected chi connectivity index (χ0v) is 20.1. The topological polar surface area (TPSA) is 108 Å². The molecule has 2 aromatic carbocycles. The number of amides is 1. The van der Waals surface area contributed by atoms with Crippen LogP contribution in [0, 0.1) is 13.8 Å². The quantitative estimate of drug-likeness (QED) is 0.341. The van der Waals surface area contributed by atoms with Crippen molar-refractivity contribution in [2.45, 2.75) is 39.2 Å². The molecule has 9 heteroatoms. The standard InChI is InChI=1S/C27H26N4O5/c1-17-22(18(2)36-30-17)15-34-24-11-7-6-10-21(24)27(33)35-16-26(32)28-25-14-23(19-12-13-19)29-31(25)20-8-4-3-5-9-20/h3-11,14,19H,12-13,15-16H2,1-2H3,(H,28,32). The largest absolute Gasteiger partial charge is 0.488 e. The Morgan fingerprint density at radius 1 is 1.08 bits per heavy atom. The fourth-order valence-corrected chi connectivity index (χ4v) is 3.84. The lowest BCUT2D eigenvalue weighted by atomic mass is 10.2. The van der Waals surface area contributed by atoms with Crippen LogP contribution in [0.15, 0.2) is 65.2 Å². The minimum absolute atomic E-state index is 0.193. The van der Waals surface area contributed by atoms with Gasteiger partial charge >= 0.3 is 5.97 Å². The molecular formula is C27H26N4O5. The van der Waals surface area contributed by atoms with Crippen molar-refractivity contribution in [2.24, 2.45) is 0 Å². The van der Waals surface area contributed by atoms with Crippen molar-refractivity contribution in [1.82, 2.24) is 14.9 Å². The number of hydrogen-bond donors (Lipinski definition) is 1. The summed E-state index contributed by atoms with van der Waals surface area (Å²) in [5, 5.41) is 11.4. The Labute approximate surface area is 208 Å². The van der Waals surface area contributed by atoms with Crippen LogP contribution in [0.4, 0.5) is 5.82 Å². The van der Waals surface area contributed by atoms with Crippen LogP contribution in [0.1, 0.15) is 51.8 Å². The van der Waals surface area contributed by atoms with Crippen molar-refractivity contribution in [1.29, 1.82) is 0 Å². The van der Waals surface area contributed by atoms with Crippen molar-refractivity contribution < 1.29 is 23.6 Å². The minimum atomic E-state index is -0.658. The summed E-state index contributed by atoms with van der Waals surface area (Å²) in [6, 6.07) is 18.2. The van der Waals surface area contributed by atoms with Crippen LogP contribution in [0.25, 0.3) is 5.69 Å². The number of para-hydroxylation sites is 2. The third kappa shape index (κ3) is 5.14. The molecule has 2 aromatic heterocycles. The third-order valence-corrected chi connectivity index (χ3v) is 5.99. The lowest BCUT2D eigenvalue weighted by Gasteiger charge is -2.12. The summed E-state index contributed by atoms with van der Waals surface area (Å²) in [6.45, 7) is 3.37. The Bertz CT molecular complexity index is 1370. The molecule has 1 aliphatic carbocycles. The van der Waals surface area contributed by atoms with E-state index in [0.29, 0.717) is 23.2 Å². The Hall–Kier alpha value is -4.40. The summed E-state index contributed by atoms with van der Waals surface area (Å²) in [7, 11) is 0. The predicted octanol–water partition coefficient (Wildman–Crippen LogP) is 4.73. The molecule has 0 saturated heterocycles. The number of carbonyl (C=O) groups is 2. The smallest absolute Gasteiger partial charge is 0.342 e. The molecule has 9 nitrogen and oxygen atoms in total. The maximum Gasteiger partial charge on any atom is 0.342 e. The molecule has 0 spiro atoms. The van der Waals surface area contributed by atoms with E-state index in [0.717, 1.165) is 35.5 Å². The fraction of sp³-hybridized carbons (Fsp3) is 0.259. The molecule has 2 heterocycles. The van der Waals surface area contributed by atoms with Crippen molar-refractivity contribution in [3.05, 3.63) is 88.9 Å². The first-order chi connectivity index (χ1) is 17.5. The lowest BCUT2D eigenvalue weighted by Crippen LogP contribution is -2.22. The van der Waals surface area contributed by atoms with Crippen molar-refractivity contribution in [3.63, 3.8) is 0 Å². The number of anilines is 1. The molecule has 0 bridgehead atoms. The van der Waals surface area contributed by atoms with Crippen LogP contribution < -0.4 is 10.1 Å². The Kier molecular flexibility index (Phi) is 6.53. The molecule has 1 N–H and O–H groups in total. The number of carbonyl (C=O) groups excluding carboxylic acids is 2. The molecule has 0 radical (unpaired) electrons. The molecule has 1 fully saturated rings. The molecule has 5 rings (SSSR count). The van der Waals surface area contributed by atoms with Gasteiger partial charge < -0.3 is 19.3 Å². The Morgan fingerprint density at radius 3 is 2.56 bits per heavy atom. The molecule has 1 aliphatic rings. The molecule has 0 atom stereocenters. The molecular weight excluding hydrogens is 460 g/mol. The average molecular weight is 487 g/mol. The fourth-order valence-electron chi connectivity index (χ4n) is 3.84. The highest BCUT2D eigenvalue weighted by molar-refractivity contribution is 5.96. The van der Waals surface area contributed by atoms with E-state index >= 15 is 0 Å². The zero-order valence-electron chi connectivity index (χ0n) is 20.1. The van der Waals surface area contributed by atoms with Gasteiger partial charge in [-0.2, -0.15) is 5.10 Å². The molecule has 4 aromatic rings. The number of ether oxygens (including phenoxy) is 2. The second-order valence-corrected chi connectivity index (χ2v) is 8.69. The number of aryl methyl sites for hydroxylation is 2. The van der Waals surface area contributed by atoms with Crippen LogP contribution in [-0.2, 0) is 16.1 Å². The normalized spacial score (nSPS) is 12.8. The van der Waals surface area contributed by atoms with E-state index in [-0.39, 0.29) is 12.2 Å². The first-order valence-electron chi connectivity index (χ1n) is 11.8. The maximum absolute atomic E-state index is 12.8. The minimum Gasteiger partial charge on any atom is -0.488 e. The van der Waals surface area contributed by atoms with E-state index < -0.39 is 18.5 Å². The van der Waals surface area contributed by atoms with Gasteiger partial charge in [-0.05, 0) is 51.0 Å². The summed E-state index contributed by atoms with van der Waals surface area (Å²) in [5.74, 6) is 0.840. The molecule has 1 saturated carbocycles. The van der Waals surface area contributed by atoms with Crippen molar-refractivity contribution in [3.8, 4) is 11.4 Å². The molecule has 0 aliphatic heterocycles. The van der Waals surface area contributed by atoms with Crippen LogP contribution in [0.2, 0.25) is 0 Å². The number of benzene rings is 2. The summed E-state index contributed by atoms with van der Waals surface area (Å²) in [5.41, 5.74) is 3.54. The average Bonchev–Trinajstić information content (AvgIpc) is 3.59. The number of nitrogens with zero attached hydrogens (tertiary/aromatic N) is 3. The van der Waals surface area contributed by atoms with Gasteiger partial charge in [-0.15, -0.1) is 0 Å². The molecule has 1 amide bonds. The van der Waals surface area contributed by atoms with Gasteiger partial charge in [0.25, 0.3) is 5.91 Å². The summed E-state index contributed by atoms with van der Waals surface area (Å²) in [6.07, 6.45) is 2.18. The highest BCUT2D eigenvalue weighted by Crippen LogP contribution is 2.40. The molecule has 184 valence electrons. The molecule has 36 heavy (non-hydrogen) atoms. The highest BCUT2D eigenvalue weighted by atomic mass is 16.5. The summed E-state index contributed by atoms with van der Waals surface area (Å²) in [4.78, 5) is 25.5.